The van der Waals surface area contributed by atoms with Crippen LogP contribution in [0.2, 0.25) is 0 Å². The van der Waals surface area contributed by atoms with E-state index in [1.165, 1.54) is 28.4 Å². The summed E-state index contributed by atoms with van der Waals surface area (Å²) in [5.41, 5.74) is 0.457. The standard InChI is InChI=1S/C26H32B2N6O2.C2H6S/c1-16(2)19-4-5-22(34-13-7-17(34)3)21-15-30-24(14-20(19)21)31-23-6-10-29-25(32-23)33-11-8-18(9-12-33)36-26(27,28)35;1-3-2/h4-6,10,14-18,35H,7-9,11-13H2,1-3H3,(H,29,30,31,32);1-2H3. The molecule has 2 aliphatic rings. The lowest BCUT2D eigenvalue weighted by atomic mass is 9.76. The molecule has 2 N–H and O–H groups in total. The van der Waals surface area contributed by atoms with E-state index < -0.39 is 5.59 Å². The van der Waals surface area contributed by atoms with E-state index in [2.05, 4.69) is 59.1 Å². The SMILES string of the molecule is CSC.[B]C([B])(O)OC1CCN(c2nccc(Nc3cc4c(C(C)C)ccc(N5CCC5C)c4cn3)n2)CC1. The van der Waals surface area contributed by atoms with Crippen molar-refractivity contribution in [1.82, 2.24) is 15.0 Å². The minimum absolute atomic E-state index is 0.205. The Kier molecular flexibility index (Phi) is 9.67. The molecule has 0 saturated carbocycles. The Labute approximate surface area is 239 Å². The lowest BCUT2D eigenvalue weighted by Crippen LogP contribution is -2.45. The van der Waals surface area contributed by atoms with Gasteiger partial charge in [-0.3, -0.25) is 0 Å². The fourth-order valence-corrected chi connectivity index (χ4v) is 5.09. The molecule has 2 saturated heterocycles. The van der Waals surface area contributed by atoms with Crippen molar-refractivity contribution >= 4 is 61.5 Å². The van der Waals surface area contributed by atoms with Gasteiger partial charge in [0, 0.05) is 49.1 Å². The molecule has 2 fully saturated rings. The van der Waals surface area contributed by atoms with Crippen LogP contribution in [0.15, 0.2) is 36.7 Å². The quantitative estimate of drug-likeness (QED) is 0.332. The summed E-state index contributed by atoms with van der Waals surface area (Å²) >= 11 is 1.75. The summed E-state index contributed by atoms with van der Waals surface area (Å²) in [6, 6.07) is 9.03. The van der Waals surface area contributed by atoms with Gasteiger partial charge in [-0.25, -0.2) is 9.97 Å². The summed E-state index contributed by atoms with van der Waals surface area (Å²) in [4.78, 5) is 18.5. The summed E-state index contributed by atoms with van der Waals surface area (Å²) in [5.74, 6) is 2.46. The topological polar surface area (TPSA) is 86.6 Å². The first kappa shape index (κ1) is 29.5. The second-order valence-electron chi connectivity index (χ2n) is 10.6. The smallest absolute Gasteiger partial charge is 0.227 e. The van der Waals surface area contributed by atoms with Gasteiger partial charge in [0.2, 0.25) is 5.95 Å². The zero-order valence-corrected chi connectivity index (χ0v) is 24.4. The van der Waals surface area contributed by atoms with E-state index in [1.54, 1.807) is 18.0 Å². The summed E-state index contributed by atoms with van der Waals surface area (Å²) < 4.78 is 5.29. The number of benzene rings is 1. The van der Waals surface area contributed by atoms with Gasteiger partial charge in [-0.15, -0.1) is 0 Å². The van der Waals surface area contributed by atoms with Gasteiger partial charge in [-0.1, -0.05) is 19.9 Å². The molecule has 5 rings (SSSR count). The van der Waals surface area contributed by atoms with Crippen LogP contribution in [-0.2, 0) is 4.74 Å². The summed E-state index contributed by atoms with van der Waals surface area (Å²) in [6.45, 7) is 9.15. The normalized spacial score (nSPS) is 18.1. The number of nitrogens with zero attached hydrogens (tertiary/aromatic N) is 5. The number of fused-ring (bicyclic) bond motifs is 1. The Morgan fingerprint density at radius 2 is 1.77 bits per heavy atom. The maximum Gasteiger partial charge on any atom is 0.227 e. The first-order chi connectivity index (χ1) is 18.6. The number of rotatable bonds is 7. The minimum atomic E-state index is -2.11. The lowest BCUT2D eigenvalue weighted by Gasteiger charge is -2.41. The van der Waals surface area contributed by atoms with Crippen molar-refractivity contribution in [3.05, 3.63) is 42.2 Å². The maximum atomic E-state index is 9.49. The predicted octanol–water partition coefficient (Wildman–Crippen LogP) is 4.40. The highest BCUT2D eigenvalue weighted by molar-refractivity contribution is 7.97. The van der Waals surface area contributed by atoms with Gasteiger partial charge < -0.3 is 25.0 Å². The van der Waals surface area contributed by atoms with Crippen LogP contribution in [0.4, 0.5) is 23.3 Å². The Bertz CT molecular complexity index is 1250. The Hall–Kier alpha value is -2.49. The molecule has 2 aromatic heterocycles. The third kappa shape index (κ3) is 7.38. The molecule has 0 aliphatic carbocycles. The average molecular weight is 544 g/mol. The van der Waals surface area contributed by atoms with Crippen molar-refractivity contribution in [2.45, 2.75) is 63.7 Å². The number of aromatic nitrogens is 3. The minimum Gasteiger partial charge on any atom is -0.384 e. The van der Waals surface area contributed by atoms with Crippen LogP contribution in [0.3, 0.4) is 0 Å². The van der Waals surface area contributed by atoms with Crippen molar-refractivity contribution in [1.29, 1.82) is 0 Å². The highest BCUT2D eigenvalue weighted by Crippen LogP contribution is 2.37. The fraction of sp³-hybridized carbons (Fsp3) is 0.536. The predicted molar refractivity (Wildman–Crippen MR) is 165 cm³/mol. The number of thioether (sulfide) groups is 1. The molecule has 39 heavy (non-hydrogen) atoms. The van der Waals surface area contributed by atoms with Crippen LogP contribution in [0.25, 0.3) is 10.8 Å². The summed E-state index contributed by atoms with van der Waals surface area (Å²) in [7, 11) is 10.7. The molecule has 0 amide bonds. The number of pyridine rings is 1. The molecule has 1 atom stereocenters. The second kappa shape index (κ2) is 12.8. The Balaban J connectivity index is 0.00000112. The van der Waals surface area contributed by atoms with E-state index in [9.17, 15) is 5.11 Å². The van der Waals surface area contributed by atoms with Gasteiger partial charge in [0.1, 0.15) is 27.3 Å². The van der Waals surface area contributed by atoms with E-state index in [4.69, 9.17) is 30.4 Å². The second-order valence-corrected chi connectivity index (χ2v) is 11.4. The van der Waals surface area contributed by atoms with Crippen LogP contribution in [0.1, 0.15) is 51.5 Å². The van der Waals surface area contributed by atoms with E-state index in [0.717, 1.165) is 12.4 Å². The van der Waals surface area contributed by atoms with Gasteiger partial charge >= 0.3 is 0 Å². The zero-order valence-electron chi connectivity index (χ0n) is 23.6. The van der Waals surface area contributed by atoms with Gasteiger partial charge in [0.05, 0.1) is 11.7 Å². The van der Waals surface area contributed by atoms with Crippen LogP contribution >= 0.6 is 11.8 Å². The van der Waals surface area contributed by atoms with E-state index >= 15 is 0 Å². The van der Waals surface area contributed by atoms with Crippen molar-refractivity contribution in [3.8, 4) is 0 Å². The maximum absolute atomic E-state index is 9.49. The van der Waals surface area contributed by atoms with Crippen LogP contribution in [0, 0.1) is 0 Å². The van der Waals surface area contributed by atoms with Gasteiger partial charge in [-0.05, 0) is 73.8 Å². The third-order valence-electron chi connectivity index (χ3n) is 7.14. The molecule has 1 aromatic carbocycles. The summed E-state index contributed by atoms with van der Waals surface area (Å²) in [6.07, 6.45) is 10.2. The van der Waals surface area contributed by atoms with Crippen molar-refractivity contribution < 1.29 is 9.84 Å². The Morgan fingerprint density at radius 3 is 2.36 bits per heavy atom. The Morgan fingerprint density at radius 1 is 1.05 bits per heavy atom. The highest BCUT2D eigenvalue weighted by Gasteiger charge is 2.27. The number of nitrogens with one attached hydrogen (secondary N) is 1. The van der Waals surface area contributed by atoms with E-state index in [0.29, 0.717) is 49.7 Å². The van der Waals surface area contributed by atoms with Crippen molar-refractivity contribution in [2.24, 2.45) is 0 Å². The molecule has 4 heterocycles. The van der Waals surface area contributed by atoms with Crippen molar-refractivity contribution in [3.63, 3.8) is 0 Å². The highest BCUT2D eigenvalue weighted by atomic mass is 32.2. The van der Waals surface area contributed by atoms with Gasteiger partial charge in [0.25, 0.3) is 0 Å². The molecule has 8 nitrogen and oxygen atoms in total. The van der Waals surface area contributed by atoms with Gasteiger partial charge in [0.15, 0.2) is 0 Å². The van der Waals surface area contributed by atoms with Gasteiger partial charge in [-0.2, -0.15) is 16.7 Å². The molecule has 0 spiro atoms. The molecule has 3 aromatic rings. The molecule has 204 valence electrons. The molecular weight excluding hydrogens is 506 g/mol. The van der Waals surface area contributed by atoms with Crippen molar-refractivity contribution in [2.75, 3.05) is 47.3 Å². The third-order valence-corrected chi connectivity index (χ3v) is 7.14. The monoisotopic (exact) mass is 544 g/mol. The fourth-order valence-electron chi connectivity index (χ4n) is 5.09. The molecule has 2 aliphatic heterocycles. The molecule has 11 heteroatoms. The lowest BCUT2D eigenvalue weighted by molar-refractivity contribution is -0.121. The number of ether oxygens (including phenoxy) is 1. The van der Waals surface area contributed by atoms with E-state index in [-0.39, 0.29) is 6.10 Å². The number of hydrogen-bond acceptors (Lipinski definition) is 9. The molecule has 0 bridgehead atoms. The molecular formula is C28H38B2N6O2S. The van der Waals surface area contributed by atoms with Crippen LogP contribution in [-0.4, -0.2) is 85.6 Å². The number of piperidine rings is 1. The van der Waals surface area contributed by atoms with E-state index in [1.807, 2.05) is 24.8 Å². The number of aliphatic hydroxyl groups is 1. The summed E-state index contributed by atoms with van der Waals surface area (Å²) in [5, 5.41) is 15.3. The first-order valence-corrected chi connectivity index (χ1v) is 15.1. The zero-order chi connectivity index (χ0) is 28.2. The number of hydrogen-bond donors (Lipinski definition) is 2. The van der Waals surface area contributed by atoms with Crippen LogP contribution in [0.5, 0.6) is 0 Å². The molecule has 4 radical (unpaired) electrons. The average Bonchev–Trinajstić information content (AvgIpc) is 2.88. The number of anilines is 4. The van der Waals surface area contributed by atoms with Crippen LogP contribution < -0.4 is 15.1 Å². The molecule has 1 unspecified atom stereocenters. The first-order valence-electron chi connectivity index (χ1n) is 13.5. The largest absolute Gasteiger partial charge is 0.384 e.